The van der Waals surface area contributed by atoms with Crippen molar-refractivity contribution in [1.29, 1.82) is 0 Å². The summed E-state index contributed by atoms with van der Waals surface area (Å²) < 4.78 is 57.2. The van der Waals surface area contributed by atoms with Crippen molar-refractivity contribution in [3.05, 3.63) is 71.0 Å². The molecular formula is C19H17F4NO2. The lowest BCUT2D eigenvalue weighted by molar-refractivity contribution is -0.137. The maximum atomic E-state index is 14.0. The van der Waals surface area contributed by atoms with Crippen LogP contribution in [0, 0.1) is 5.82 Å². The molecule has 2 aromatic rings. The molecule has 0 spiro atoms. The fourth-order valence-electron chi connectivity index (χ4n) is 2.94. The second-order valence-corrected chi connectivity index (χ2v) is 6.19. The van der Waals surface area contributed by atoms with Crippen molar-refractivity contribution >= 4 is 5.91 Å². The van der Waals surface area contributed by atoms with E-state index in [1.54, 1.807) is 0 Å². The molecule has 1 aliphatic heterocycles. The first kappa shape index (κ1) is 18.4. The van der Waals surface area contributed by atoms with Gasteiger partial charge in [0.15, 0.2) is 0 Å². The van der Waals surface area contributed by atoms with Gasteiger partial charge in [0.2, 0.25) is 5.91 Å². The summed E-state index contributed by atoms with van der Waals surface area (Å²) in [7, 11) is 0. The van der Waals surface area contributed by atoms with E-state index in [1.165, 1.54) is 4.90 Å². The summed E-state index contributed by atoms with van der Waals surface area (Å²) >= 11 is 0. The molecule has 3 nitrogen and oxygen atoms in total. The van der Waals surface area contributed by atoms with Crippen LogP contribution in [0.2, 0.25) is 0 Å². The maximum Gasteiger partial charge on any atom is 0.416 e. The summed E-state index contributed by atoms with van der Waals surface area (Å²) in [6.45, 7) is 0.467. The van der Waals surface area contributed by atoms with Crippen LogP contribution in [0.1, 0.15) is 16.7 Å². The number of benzene rings is 2. The Balaban J connectivity index is 1.69. The van der Waals surface area contributed by atoms with E-state index in [0.717, 1.165) is 17.7 Å². The Labute approximate surface area is 148 Å². The van der Waals surface area contributed by atoms with E-state index in [1.807, 2.05) is 30.3 Å². The third-order valence-electron chi connectivity index (χ3n) is 4.34. The smallest absolute Gasteiger partial charge is 0.359 e. The molecule has 0 aliphatic carbocycles. The predicted molar refractivity (Wildman–Crippen MR) is 86.7 cm³/mol. The molecule has 1 amide bonds. The van der Waals surface area contributed by atoms with Crippen molar-refractivity contribution < 1.29 is 27.1 Å². The van der Waals surface area contributed by atoms with Crippen LogP contribution in [-0.2, 0) is 28.5 Å². The van der Waals surface area contributed by atoms with Crippen LogP contribution in [0.4, 0.5) is 17.6 Å². The minimum absolute atomic E-state index is 0.0617. The number of carbonyl (C=O) groups is 1. The number of ether oxygens (including phenoxy) is 1. The summed E-state index contributed by atoms with van der Waals surface area (Å²) in [5.41, 5.74) is -0.0902. The topological polar surface area (TPSA) is 29.5 Å². The van der Waals surface area contributed by atoms with Crippen LogP contribution in [0.25, 0.3) is 0 Å². The summed E-state index contributed by atoms with van der Waals surface area (Å²) in [4.78, 5) is 14.0. The Kier molecular flexibility index (Phi) is 5.27. The van der Waals surface area contributed by atoms with Crippen molar-refractivity contribution in [1.82, 2.24) is 4.90 Å². The van der Waals surface area contributed by atoms with Gasteiger partial charge in [0.05, 0.1) is 24.6 Å². The molecular weight excluding hydrogens is 350 g/mol. The van der Waals surface area contributed by atoms with Crippen LogP contribution >= 0.6 is 0 Å². The van der Waals surface area contributed by atoms with Gasteiger partial charge in [-0.15, -0.1) is 0 Å². The molecule has 1 saturated heterocycles. The molecule has 1 aliphatic rings. The molecule has 138 valence electrons. The van der Waals surface area contributed by atoms with Gasteiger partial charge in [0.25, 0.3) is 0 Å². The minimum atomic E-state index is -4.62. The molecule has 0 aromatic heterocycles. The van der Waals surface area contributed by atoms with Crippen LogP contribution in [-0.4, -0.2) is 30.2 Å². The highest BCUT2D eigenvalue weighted by atomic mass is 19.4. The minimum Gasteiger partial charge on any atom is -0.359 e. The fourth-order valence-corrected chi connectivity index (χ4v) is 2.94. The zero-order valence-corrected chi connectivity index (χ0v) is 13.8. The first-order chi connectivity index (χ1) is 12.3. The lowest BCUT2D eigenvalue weighted by Crippen LogP contribution is -2.39. The quantitative estimate of drug-likeness (QED) is 0.769. The Morgan fingerprint density at radius 1 is 1.15 bits per heavy atom. The summed E-state index contributed by atoms with van der Waals surface area (Å²) in [6, 6.07) is 11.6. The molecule has 1 atom stereocenters. The van der Waals surface area contributed by atoms with Gasteiger partial charge in [-0.3, -0.25) is 4.79 Å². The highest BCUT2D eigenvalue weighted by Crippen LogP contribution is 2.30. The SMILES string of the molecule is O=C(Cc1ccc(C(F)(F)F)cc1F)N1COC[C@H]1Cc1ccccc1. The van der Waals surface area contributed by atoms with Gasteiger partial charge in [-0.1, -0.05) is 36.4 Å². The second-order valence-electron chi connectivity index (χ2n) is 6.19. The van der Waals surface area contributed by atoms with E-state index in [0.29, 0.717) is 19.1 Å². The van der Waals surface area contributed by atoms with E-state index < -0.39 is 17.6 Å². The average Bonchev–Trinajstić information content (AvgIpc) is 3.05. The van der Waals surface area contributed by atoms with Crippen LogP contribution < -0.4 is 0 Å². The summed E-state index contributed by atoms with van der Waals surface area (Å²) in [5.74, 6) is -1.41. The fraction of sp³-hybridized carbons (Fsp3) is 0.316. The first-order valence-electron chi connectivity index (χ1n) is 8.11. The van der Waals surface area contributed by atoms with E-state index in [-0.39, 0.29) is 30.7 Å². The standard InChI is InChI=1S/C19H17F4NO2/c20-17-10-15(19(21,22)23)7-6-14(17)9-18(25)24-12-26-11-16(24)8-13-4-2-1-3-5-13/h1-7,10,16H,8-9,11-12H2/t16-/m1/s1. The number of nitrogens with zero attached hydrogens (tertiary/aromatic N) is 1. The zero-order valence-electron chi connectivity index (χ0n) is 13.8. The van der Waals surface area contributed by atoms with Gasteiger partial charge >= 0.3 is 6.18 Å². The molecule has 2 aromatic carbocycles. The Morgan fingerprint density at radius 3 is 2.54 bits per heavy atom. The number of alkyl halides is 3. The molecule has 1 heterocycles. The van der Waals surface area contributed by atoms with Crippen molar-refractivity contribution in [2.75, 3.05) is 13.3 Å². The average molecular weight is 367 g/mol. The van der Waals surface area contributed by atoms with Crippen LogP contribution in [0.5, 0.6) is 0 Å². The van der Waals surface area contributed by atoms with E-state index >= 15 is 0 Å². The Bertz CT molecular complexity index is 777. The zero-order chi connectivity index (χ0) is 18.7. The molecule has 0 N–H and O–H groups in total. The highest BCUT2D eigenvalue weighted by Gasteiger charge is 2.32. The Morgan fingerprint density at radius 2 is 1.88 bits per heavy atom. The van der Waals surface area contributed by atoms with E-state index in [4.69, 9.17) is 4.74 Å². The lowest BCUT2D eigenvalue weighted by atomic mass is 10.0. The van der Waals surface area contributed by atoms with Gasteiger partial charge in [-0.25, -0.2) is 4.39 Å². The van der Waals surface area contributed by atoms with Crippen LogP contribution in [0.15, 0.2) is 48.5 Å². The lowest BCUT2D eigenvalue weighted by Gasteiger charge is -2.23. The van der Waals surface area contributed by atoms with Crippen molar-refractivity contribution in [2.45, 2.75) is 25.1 Å². The molecule has 0 saturated carbocycles. The summed E-state index contributed by atoms with van der Waals surface area (Å²) in [6.07, 6.45) is -4.33. The molecule has 1 fully saturated rings. The second kappa shape index (κ2) is 7.45. The highest BCUT2D eigenvalue weighted by molar-refractivity contribution is 5.79. The third kappa shape index (κ3) is 4.22. The molecule has 0 bridgehead atoms. The largest absolute Gasteiger partial charge is 0.416 e. The Hall–Kier alpha value is -2.41. The molecule has 3 rings (SSSR count). The van der Waals surface area contributed by atoms with Crippen molar-refractivity contribution in [3.63, 3.8) is 0 Å². The van der Waals surface area contributed by atoms with Gasteiger partial charge in [0, 0.05) is 0 Å². The molecule has 7 heteroatoms. The molecule has 26 heavy (non-hydrogen) atoms. The van der Waals surface area contributed by atoms with Gasteiger partial charge in [-0.2, -0.15) is 13.2 Å². The van der Waals surface area contributed by atoms with Crippen molar-refractivity contribution in [2.24, 2.45) is 0 Å². The normalized spacial score (nSPS) is 17.5. The number of hydrogen-bond donors (Lipinski definition) is 0. The number of rotatable bonds is 4. The number of hydrogen-bond acceptors (Lipinski definition) is 2. The number of carbonyl (C=O) groups excluding carboxylic acids is 1. The monoisotopic (exact) mass is 367 g/mol. The van der Waals surface area contributed by atoms with E-state index in [2.05, 4.69) is 0 Å². The summed E-state index contributed by atoms with van der Waals surface area (Å²) in [5, 5.41) is 0. The molecule has 0 radical (unpaired) electrons. The van der Waals surface area contributed by atoms with Gasteiger partial charge in [0.1, 0.15) is 12.5 Å². The predicted octanol–water partition coefficient (Wildman–Crippen LogP) is 3.81. The number of halogens is 4. The number of amides is 1. The van der Waals surface area contributed by atoms with Gasteiger partial charge < -0.3 is 9.64 Å². The van der Waals surface area contributed by atoms with E-state index in [9.17, 15) is 22.4 Å². The van der Waals surface area contributed by atoms with Gasteiger partial charge in [-0.05, 0) is 29.7 Å². The molecule has 0 unspecified atom stereocenters. The first-order valence-corrected chi connectivity index (χ1v) is 8.11. The van der Waals surface area contributed by atoms with Crippen molar-refractivity contribution in [3.8, 4) is 0 Å². The van der Waals surface area contributed by atoms with Crippen LogP contribution in [0.3, 0.4) is 0 Å². The third-order valence-corrected chi connectivity index (χ3v) is 4.34. The maximum absolute atomic E-state index is 14.0.